The molecule has 4 N–H and O–H groups in total. The van der Waals surface area contributed by atoms with Gasteiger partial charge in [-0.15, -0.1) is 0 Å². The average molecular weight is 436 g/mol. The molecule has 0 heterocycles. The Labute approximate surface area is 179 Å². The van der Waals surface area contributed by atoms with E-state index in [-0.39, 0.29) is 12.3 Å². The lowest BCUT2D eigenvalue weighted by molar-refractivity contribution is -0.137. The van der Waals surface area contributed by atoms with E-state index >= 15 is 0 Å². The molecule has 0 aliphatic heterocycles. The SMILES string of the molecule is NN=Cc1ccc(CCCCC(=O)NC(CC(=O)O)c2cc(Cl)cc(Cl)c2)cc1. The highest BCUT2D eigenvalue weighted by atomic mass is 35.5. The van der Waals surface area contributed by atoms with E-state index in [1.54, 1.807) is 24.4 Å². The molecule has 1 unspecified atom stereocenters. The summed E-state index contributed by atoms with van der Waals surface area (Å²) < 4.78 is 0. The van der Waals surface area contributed by atoms with E-state index < -0.39 is 12.0 Å². The maximum absolute atomic E-state index is 12.3. The Morgan fingerprint density at radius 1 is 1.10 bits per heavy atom. The van der Waals surface area contributed by atoms with Crippen LogP contribution < -0.4 is 11.2 Å². The number of nitrogens with two attached hydrogens (primary N) is 1. The second kappa shape index (κ2) is 11.4. The van der Waals surface area contributed by atoms with Crippen molar-refractivity contribution in [1.82, 2.24) is 5.32 Å². The zero-order valence-corrected chi connectivity index (χ0v) is 17.3. The molecule has 6 nitrogen and oxygen atoms in total. The Morgan fingerprint density at radius 3 is 2.34 bits per heavy atom. The highest BCUT2D eigenvalue weighted by Crippen LogP contribution is 2.25. The predicted octanol–water partition coefficient (Wildman–Crippen LogP) is 4.33. The number of carboxylic acid groups (broad SMARTS) is 1. The van der Waals surface area contributed by atoms with Crippen molar-refractivity contribution in [2.45, 2.75) is 38.1 Å². The number of aliphatic carboxylic acids is 1. The van der Waals surface area contributed by atoms with E-state index in [1.807, 2.05) is 24.3 Å². The van der Waals surface area contributed by atoms with Crippen molar-refractivity contribution in [3.05, 3.63) is 69.2 Å². The van der Waals surface area contributed by atoms with E-state index in [4.69, 9.17) is 34.2 Å². The van der Waals surface area contributed by atoms with Gasteiger partial charge in [0.25, 0.3) is 0 Å². The molecule has 2 aromatic rings. The highest BCUT2D eigenvalue weighted by Gasteiger charge is 2.19. The van der Waals surface area contributed by atoms with Gasteiger partial charge in [0.2, 0.25) is 5.91 Å². The van der Waals surface area contributed by atoms with Crippen molar-refractivity contribution in [3.8, 4) is 0 Å². The molecule has 154 valence electrons. The molecule has 8 heteroatoms. The molecule has 2 rings (SSSR count). The molecule has 0 aromatic heterocycles. The number of amides is 1. The van der Waals surface area contributed by atoms with Gasteiger partial charge < -0.3 is 16.3 Å². The molecule has 1 amide bonds. The van der Waals surface area contributed by atoms with Crippen molar-refractivity contribution < 1.29 is 14.7 Å². The summed E-state index contributed by atoms with van der Waals surface area (Å²) in [4.78, 5) is 23.5. The second-order valence-corrected chi connectivity index (χ2v) is 7.52. The zero-order valence-electron chi connectivity index (χ0n) is 15.8. The smallest absolute Gasteiger partial charge is 0.305 e. The first kappa shape index (κ1) is 22.7. The lowest BCUT2D eigenvalue weighted by atomic mass is 10.0. The summed E-state index contributed by atoms with van der Waals surface area (Å²) in [7, 11) is 0. The lowest BCUT2D eigenvalue weighted by Gasteiger charge is -2.18. The largest absolute Gasteiger partial charge is 0.481 e. The van der Waals surface area contributed by atoms with Gasteiger partial charge in [-0.25, -0.2) is 0 Å². The van der Waals surface area contributed by atoms with Crippen LogP contribution in [0.1, 0.15) is 48.4 Å². The number of hydrazone groups is 1. The molecule has 1 atom stereocenters. The van der Waals surface area contributed by atoms with Crippen molar-refractivity contribution in [2.75, 3.05) is 0 Å². The van der Waals surface area contributed by atoms with Gasteiger partial charge in [-0.1, -0.05) is 47.5 Å². The normalized spacial score (nSPS) is 12.1. The fraction of sp³-hybridized carbons (Fsp3) is 0.286. The van der Waals surface area contributed by atoms with Gasteiger partial charge in [0.1, 0.15) is 0 Å². The number of halogens is 2. The maximum Gasteiger partial charge on any atom is 0.305 e. The fourth-order valence-electron chi connectivity index (χ4n) is 2.94. The Morgan fingerprint density at radius 2 is 1.76 bits per heavy atom. The summed E-state index contributed by atoms with van der Waals surface area (Å²) in [6.07, 6.45) is 4.01. The molecular formula is C21H23Cl2N3O3. The first-order chi connectivity index (χ1) is 13.9. The third-order valence-corrected chi connectivity index (χ3v) is 4.76. The van der Waals surface area contributed by atoms with Crippen LogP contribution in [-0.2, 0) is 16.0 Å². The minimum atomic E-state index is -1.02. The summed E-state index contributed by atoms with van der Waals surface area (Å²) in [6, 6.07) is 12.0. The third-order valence-electron chi connectivity index (χ3n) is 4.32. The van der Waals surface area contributed by atoms with E-state index in [1.165, 1.54) is 0 Å². The Bertz CT molecular complexity index is 850. The molecule has 0 spiro atoms. The molecular weight excluding hydrogens is 413 g/mol. The summed E-state index contributed by atoms with van der Waals surface area (Å²) in [6.45, 7) is 0. The highest BCUT2D eigenvalue weighted by molar-refractivity contribution is 6.34. The summed E-state index contributed by atoms with van der Waals surface area (Å²) in [5.74, 6) is 3.90. The van der Waals surface area contributed by atoms with Crippen LogP contribution in [0.3, 0.4) is 0 Å². The third kappa shape index (κ3) is 8.13. The monoisotopic (exact) mass is 435 g/mol. The molecule has 29 heavy (non-hydrogen) atoms. The van der Waals surface area contributed by atoms with Crippen LogP contribution in [-0.4, -0.2) is 23.2 Å². The number of nitrogens with one attached hydrogen (secondary N) is 1. The van der Waals surface area contributed by atoms with Gasteiger partial charge >= 0.3 is 5.97 Å². The first-order valence-corrected chi connectivity index (χ1v) is 9.92. The fourth-order valence-corrected chi connectivity index (χ4v) is 3.48. The second-order valence-electron chi connectivity index (χ2n) is 6.65. The van der Waals surface area contributed by atoms with E-state index in [0.717, 1.165) is 24.0 Å². The van der Waals surface area contributed by atoms with Crippen LogP contribution in [0, 0.1) is 0 Å². The number of nitrogens with zero attached hydrogens (tertiary/aromatic N) is 1. The predicted molar refractivity (Wildman–Crippen MR) is 115 cm³/mol. The van der Waals surface area contributed by atoms with Crippen LogP contribution in [0.15, 0.2) is 47.6 Å². The standard InChI is InChI=1S/C21H23Cl2N3O3/c22-17-9-16(10-18(23)11-17)19(12-21(28)29)26-20(27)4-2-1-3-14-5-7-15(8-6-14)13-25-24/h5-11,13,19H,1-4,12,24H2,(H,26,27)(H,28,29). The topological polar surface area (TPSA) is 105 Å². The van der Waals surface area contributed by atoms with Crippen molar-refractivity contribution in [3.63, 3.8) is 0 Å². The van der Waals surface area contributed by atoms with Gasteiger partial charge in [0.15, 0.2) is 0 Å². The molecule has 0 fully saturated rings. The lowest BCUT2D eigenvalue weighted by Crippen LogP contribution is -2.30. The van der Waals surface area contributed by atoms with E-state index in [2.05, 4.69) is 10.4 Å². The van der Waals surface area contributed by atoms with Crippen molar-refractivity contribution in [2.24, 2.45) is 10.9 Å². The molecule has 0 saturated heterocycles. The Kier molecular flexibility index (Phi) is 8.96. The van der Waals surface area contributed by atoms with Crippen molar-refractivity contribution >= 4 is 41.3 Å². The van der Waals surface area contributed by atoms with Crippen molar-refractivity contribution in [1.29, 1.82) is 0 Å². The summed E-state index contributed by atoms with van der Waals surface area (Å²) in [5.41, 5.74) is 2.66. The Hall–Kier alpha value is -2.57. The van der Waals surface area contributed by atoms with Gasteiger partial charge in [0.05, 0.1) is 18.7 Å². The number of benzene rings is 2. The first-order valence-electron chi connectivity index (χ1n) is 9.16. The number of hydrogen-bond donors (Lipinski definition) is 3. The number of carboxylic acids is 1. The zero-order chi connectivity index (χ0) is 21.2. The van der Waals surface area contributed by atoms with Crippen LogP contribution in [0.5, 0.6) is 0 Å². The number of carbonyl (C=O) groups excluding carboxylic acids is 1. The summed E-state index contributed by atoms with van der Waals surface area (Å²) in [5, 5.41) is 16.2. The minimum Gasteiger partial charge on any atom is -0.481 e. The van der Waals surface area contributed by atoms with Gasteiger partial charge in [0, 0.05) is 16.5 Å². The number of carbonyl (C=O) groups is 2. The molecule has 0 radical (unpaired) electrons. The quantitative estimate of drug-likeness (QED) is 0.223. The number of hydrogen-bond acceptors (Lipinski definition) is 4. The number of aryl methyl sites for hydroxylation is 1. The average Bonchev–Trinajstić information content (AvgIpc) is 2.65. The van der Waals surface area contributed by atoms with Crippen LogP contribution in [0.2, 0.25) is 10.0 Å². The Balaban J connectivity index is 1.85. The molecule has 0 aliphatic carbocycles. The van der Waals surface area contributed by atoms with E-state index in [0.29, 0.717) is 28.5 Å². The molecule has 0 aliphatic rings. The molecule has 0 saturated carbocycles. The summed E-state index contributed by atoms with van der Waals surface area (Å²) >= 11 is 12.0. The number of rotatable bonds is 10. The minimum absolute atomic E-state index is 0.207. The molecule has 2 aromatic carbocycles. The van der Waals surface area contributed by atoms with Crippen LogP contribution in [0.4, 0.5) is 0 Å². The van der Waals surface area contributed by atoms with Gasteiger partial charge in [-0.3, -0.25) is 9.59 Å². The van der Waals surface area contributed by atoms with Crippen LogP contribution in [0.25, 0.3) is 0 Å². The van der Waals surface area contributed by atoms with Crippen LogP contribution >= 0.6 is 23.2 Å². The van der Waals surface area contributed by atoms with E-state index in [9.17, 15) is 9.59 Å². The van der Waals surface area contributed by atoms with Gasteiger partial charge in [-0.05, 0) is 54.2 Å². The number of unbranched alkanes of at least 4 members (excludes halogenated alkanes) is 1. The molecule has 0 bridgehead atoms. The maximum atomic E-state index is 12.3. The van der Waals surface area contributed by atoms with Gasteiger partial charge in [-0.2, -0.15) is 5.10 Å².